The Morgan fingerprint density at radius 1 is 1.55 bits per heavy atom. The second-order valence-electron chi connectivity index (χ2n) is 2.38. The predicted molar refractivity (Wildman–Crippen MR) is 44.5 cm³/mol. The van der Waals surface area contributed by atoms with E-state index in [1.807, 2.05) is 0 Å². The first-order chi connectivity index (χ1) is 5.30. The highest BCUT2D eigenvalue weighted by atomic mass is 16.4. The monoisotopic (exact) mass is 157 g/mol. The van der Waals surface area contributed by atoms with Gasteiger partial charge >= 0.3 is 5.97 Å². The fourth-order valence-corrected chi connectivity index (χ4v) is 1.06. The van der Waals surface area contributed by atoms with Crippen molar-refractivity contribution in [3.05, 3.63) is 13.2 Å². The molecular weight excluding hydrogens is 142 g/mol. The van der Waals surface area contributed by atoms with Gasteiger partial charge in [0.25, 0.3) is 0 Å². The molecule has 0 aromatic carbocycles. The topological polar surface area (TPSA) is 49.3 Å². The normalized spacial score (nSPS) is 23.1. The van der Waals surface area contributed by atoms with Crippen molar-refractivity contribution in [3.8, 4) is 0 Å². The van der Waals surface area contributed by atoms with Gasteiger partial charge in [0.2, 0.25) is 0 Å². The van der Waals surface area contributed by atoms with Gasteiger partial charge in [0.1, 0.15) is 0 Å². The first-order valence-corrected chi connectivity index (χ1v) is 3.74. The standard InChI is InChI=1S/C6H11NO2.C2H4/c8-6(9)5-2-1-3-7-4-5;1-2/h5,7H,1-4H2,(H,8,9);1-2H2. The van der Waals surface area contributed by atoms with E-state index in [2.05, 4.69) is 18.5 Å². The van der Waals surface area contributed by atoms with Gasteiger partial charge in [-0.3, -0.25) is 4.79 Å². The fourth-order valence-electron chi connectivity index (χ4n) is 1.06. The molecule has 0 saturated carbocycles. The third kappa shape index (κ3) is 3.78. The minimum absolute atomic E-state index is 0.140. The Labute approximate surface area is 67.1 Å². The van der Waals surface area contributed by atoms with Crippen LogP contribution in [0.5, 0.6) is 0 Å². The van der Waals surface area contributed by atoms with E-state index in [1.165, 1.54) is 0 Å². The van der Waals surface area contributed by atoms with E-state index < -0.39 is 5.97 Å². The Balaban J connectivity index is 0.000000461. The zero-order valence-electron chi connectivity index (χ0n) is 6.68. The molecule has 1 atom stereocenters. The molecule has 1 unspecified atom stereocenters. The van der Waals surface area contributed by atoms with Gasteiger partial charge in [0.15, 0.2) is 0 Å². The predicted octanol–water partition coefficient (Wildman–Crippen LogP) is 0.873. The summed E-state index contributed by atoms with van der Waals surface area (Å²) >= 11 is 0. The van der Waals surface area contributed by atoms with Crippen LogP contribution in [-0.4, -0.2) is 24.2 Å². The summed E-state index contributed by atoms with van der Waals surface area (Å²) in [6.45, 7) is 7.62. The number of aliphatic carboxylic acids is 1. The van der Waals surface area contributed by atoms with E-state index in [0.29, 0.717) is 6.54 Å². The molecule has 0 spiro atoms. The minimum atomic E-state index is -0.665. The number of rotatable bonds is 1. The van der Waals surface area contributed by atoms with Crippen LogP contribution in [0.1, 0.15) is 12.8 Å². The first-order valence-electron chi connectivity index (χ1n) is 3.74. The summed E-state index contributed by atoms with van der Waals surface area (Å²) in [5.74, 6) is -0.805. The van der Waals surface area contributed by atoms with Crippen LogP contribution in [0.15, 0.2) is 13.2 Å². The lowest BCUT2D eigenvalue weighted by atomic mass is 10.0. The Bertz CT molecular complexity index is 119. The molecular formula is C8H15NO2. The van der Waals surface area contributed by atoms with Gasteiger partial charge < -0.3 is 10.4 Å². The van der Waals surface area contributed by atoms with Crippen molar-refractivity contribution in [1.82, 2.24) is 5.32 Å². The zero-order chi connectivity index (χ0) is 8.69. The maximum Gasteiger partial charge on any atom is 0.307 e. The number of hydrogen-bond donors (Lipinski definition) is 2. The van der Waals surface area contributed by atoms with Crippen LogP contribution < -0.4 is 5.32 Å². The average molecular weight is 157 g/mol. The van der Waals surface area contributed by atoms with Crippen LogP contribution in [0, 0.1) is 5.92 Å². The SMILES string of the molecule is C=C.O=C(O)C1CCCNC1. The smallest absolute Gasteiger partial charge is 0.307 e. The van der Waals surface area contributed by atoms with E-state index in [1.54, 1.807) is 0 Å². The lowest BCUT2D eigenvalue weighted by molar-refractivity contribution is -0.142. The molecule has 1 rings (SSSR count). The molecule has 1 saturated heterocycles. The number of nitrogens with one attached hydrogen (secondary N) is 1. The summed E-state index contributed by atoms with van der Waals surface area (Å²) in [4.78, 5) is 10.3. The van der Waals surface area contributed by atoms with Crippen LogP contribution in [0.3, 0.4) is 0 Å². The van der Waals surface area contributed by atoms with Crippen LogP contribution >= 0.6 is 0 Å². The third-order valence-corrected chi connectivity index (χ3v) is 1.65. The van der Waals surface area contributed by atoms with Crippen LogP contribution in [0.2, 0.25) is 0 Å². The van der Waals surface area contributed by atoms with Gasteiger partial charge in [-0.05, 0) is 19.4 Å². The van der Waals surface area contributed by atoms with Gasteiger partial charge in [-0.25, -0.2) is 0 Å². The van der Waals surface area contributed by atoms with E-state index in [4.69, 9.17) is 5.11 Å². The highest BCUT2D eigenvalue weighted by molar-refractivity contribution is 5.70. The molecule has 1 fully saturated rings. The molecule has 3 heteroatoms. The summed E-state index contributed by atoms with van der Waals surface area (Å²) in [7, 11) is 0. The van der Waals surface area contributed by atoms with Crippen LogP contribution in [0.4, 0.5) is 0 Å². The van der Waals surface area contributed by atoms with Gasteiger partial charge in [0, 0.05) is 6.54 Å². The summed E-state index contributed by atoms with van der Waals surface area (Å²) in [6.07, 6.45) is 1.83. The zero-order valence-corrected chi connectivity index (χ0v) is 6.68. The molecule has 3 nitrogen and oxygen atoms in total. The quantitative estimate of drug-likeness (QED) is 0.555. The molecule has 2 N–H and O–H groups in total. The van der Waals surface area contributed by atoms with Crippen LogP contribution in [-0.2, 0) is 4.79 Å². The van der Waals surface area contributed by atoms with Crippen molar-refractivity contribution in [2.24, 2.45) is 5.92 Å². The summed E-state index contributed by atoms with van der Waals surface area (Å²) in [5.41, 5.74) is 0. The highest BCUT2D eigenvalue weighted by Crippen LogP contribution is 2.08. The van der Waals surface area contributed by atoms with Crippen molar-refractivity contribution in [2.75, 3.05) is 13.1 Å². The highest BCUT2D eigenvalue weighted by Gasteiger charge is 2.18. The van der Waals surface area contributed by atoms with E-state index in [9.17, 15) is 4.79 Å². The molecule has 64 valence electrons. The molecule has 0 aromatic heterocycles. The number of hydrogen-bond acceptors (Lipinski definition) is 2. The number of carbonyl (C=O) groups is 1. The van der Waals surface area contributed by atoms with Gasteiger partial charge in [-0.2, -0.15) is 0 Å². The third-order valence-electron chi connectivity index (χ3n) is 1.65. The minimum Gasteiger partial charge on any atom is -0.481 e. The number of piperidine rings is 1. The molecule has 0 radical (unpaired) electrons. The van der Waals surface area contributed by atoms with E-state index in [0.717, 1.165) is 19.4 Å². The second kappa shape index (κ2) is 5.92. The molecule has 0 aromatic rings. The Morgan fingerprint density at radius 2 is 2.18 bits per heavy atom. The fraction of sp³-hybridized carbons (Fsp3) is 0.625. The molecule has 0 amide bonds. The lowest BCUT2D eigenvalue weighted by Crippen LogP contribution is -2.34. The van der Waals surface area contributed by atoms with Crippen molar-refractivity contribution in [1.29, 1.82) is 0 Å². The molecule has 0 bridgehead atoms. The van der Waals surface area contributed by atoms with Crippen molar-refractivity contribution in [3.63, 3.8) is 0 Å². The molecule has 11 heavy (non-hydrogen) atoms. The van der Waals surface area contributed by atoms with E-state index in [-0.39, 0.29) is 5.92 Å². The van der Waals surface area contributed by atoms with Crippen molar-refractivity contribution in [2.45, 2.75) is 12.8 Å². The molecule has 0 aliphatic carbocycles. The second-order valence-corrected chi connectivity index (χ2v) is 2.38. The maximum absolute atomic E-state index is 10.3. The molecule has 1 aliphatic heterocycles. The van der Waals surface area contributed by atoms with Crippen molar-refractivity contribution < 1.29 is 9.90 Å². The molecule has 1 heterocycles. The van der Waals surface area contributed by atoms with Gasteiger partial charge in [-0.1, -0.05) is 0 Å². The number of carboxylic acids is 1. The average Bonchev–Trinajstić information content (AvgIpc) is 2.10. The summed E-state index contributed by atoms with van der Waals surface area (Å²) in [6, 6.07) is 0. The largest absolute Gasteiger partial charge is 0.481 e. The van der Waals surface area contributed by atoms with Gasteiger partial charge in [0.05, 0.1) is 5.92 Å². The van der Waals surface area contributed by atoms with Crippen LogP contribution in [0.25, 0.3) is 0 Å². The summed E-state index contributed by atoms with van der Waals surface area (Å²) in [5, 5.41) is 11.5. The Kier molecular flexibility index (Phi) is 5.47. The summed E-state index contributed by atoms with van der Waals surface area (Å²) < 4.78 is 0. The first kappa shape index (κ1) is 10.2. The molecule has 1 aliphatic rings. The maximum atomic E-state index is 10.3. The van der Waals surface area contributed by atoms with Crippen molar-refractivity contribution >= 4 is 5.97 Å². The Hall–Kier alpha value is -0.830. The Morgan fingerprint density at radius 3 is 2.45 bits per heavy atom. The lowest BCUT2D eigenvalue weighted by Gasteiger charge is -2.18. The van der Waals surface area contributed by atoms with E-state index >= 15 is 0 Å². The number of carboxylic acid groups (broad SMARTS) is 1. The van der Waals surface area contributed by atoms with Gasteiger partial charge in [-0.15, -0.1) is 13.2 Å².